The van der Waals surface area contributed by atoms with Gasteiger partial charge >= 0.3 is 0 Å². The van der Waals surface area contributed by atoms with Gasteiger partial charge in [0.2, 0.25) is 0 Å². The first-order chi connectivity index (χ1) is 7.74. The number of nitrogens with zero attached hydrogens (tertiary/aromatic N) is 2. The minimum atomic E-state index is -0.00747. The first-order valence-corrected chi connectivity index (χ1v) is 6.55. The van der Waals surface area contributed by atoms with Crippen LogP contribution in [-0.4, -0.2) is 38.1 Å². The van der Waals surface area contributed by atoms with Crippen molar-refractivity contribution in [3.8, 4) is 6.07 Å². The predicted octanol–water partition coefficient (Wildman–Crippen LogP) is 1.61. The molecule has 1 heterocycles. The monoisotopic (exact) mass is 221 g/mol. The summed E-state index contributed by atoms with van der Waals surface area (Å²) in [5, 5.41) is 12.6. The number of hydrogen-bond donors (Lipinski definition) is 1. The summed E-state index contributed by atoms with van der Waals surface area (Å²) in [5.41, 5.74) is -0.00747. The number of nitrogens with one attached hydrogen (secondary N) is 1. The van der Waals surface area contributed by atoms with E-state index in [9.17, 15) is 0 Å². The Labute approximate surface area is 98.8 Å². The second-order valence-corrected chi connectivity index (χ2v) is 5.63. The zero-order valence-corrected chi connectivity index (χ0v) is 10.3. The third kappa shape index (κ3) is 2.75. The molecule has 90 valence electrons. The molecule has 1 saturated carbocycles. The maximum atomic E-state index is 9.09. The summed E-state index contributed by atoms with van der Waals surface area (Å²) in [4.78, 5) is 2.41. The molecule has 0 spiro atoms. The molecule has 3 heteroatoms. The van der Waals surface area contributed by atoms with Gasteiger partial charge in [0.1, 0.15) is 0 Å². The fraction of sp³-hybridized carbons (Fsp3) is 0.923. The van der Waals surface area contributed by atoms with E-state index in [1.807, 2.05) is 0 Å². The molecule has 1 atom stereocenters. The molecule has 16 heavy (non-hydrogen) atoms. The van der Waals surface area contributed by atoms with E-state index >= 15 is 0 Å². The highest BCUT2D eigenvalue weighted by Gasteiger charge is 2.36. The van der Waals surface area contributed by atoms with Crippen molar-refractivity contribution >= 4 is 0 Å². The average Bonchev–Trinajstić information content (AvgIpc) is 2.62. The third-order valence-electron chi connectivity index (χ3n) is 4.23. The van der Waals surface area contributed by atoms with Crippen LogP contribution in [0.25, 0.3) is 0 Å². The van der Waals surface area contributed by atoms with Gasteiger partial charge in [-0.2, -0.15) is 5.26 Å². The van der Waals surface area contributed by atoms with Crippen molar-refractivity contribution in [2.45, 2.75) is 32.1 Å². The van der Waals surface area contributed by atoms with Crippen molar-refractivity contribution in [2.75, 3.05) is 33.2 Å². The lowest BCUT2D eigenvalue weighted by Crippen LogP contribution is -2.39. The van der Waals surface area contributed by atoms with E-state index in [-0.39, 0.29) is 5.41 Å². The average molecular weight is 221 g/mol. The fourth-order valence-electron chi connectivity index (χ4n) is 2.83. The SMILES string of the molecule is CN1CCC(CCNCC2(C#N)CCC2)C1. The molecule has 2 rings (SSSR count). The highest BCUT2D eigenvalue weighted by Crippen LogP contribution is 2.39. The molecule has 0 amide bonds. The summed E-state index contributed by atoms with van der Waals surface area (Å²) in [6.07, 6.45) is 6.06. The largest absolute Gasteiger partial charge is 0.315 e. The molecule has 0 radical (unpaired) electrons. The highest BCUT2D eigenvalue weighted by atomic mass is 15.1. The van der Waals surface area contributed by atoms with Crippen LogP contribution in [0.1, 0.15) is 32.1 Å². The van der Waals surface area contributed by atoms with Crippen LogP contribution >= 0.6 is 0 Å². The molecule has 1 aliphatic carbocycles. The molecule has 3 nitrogen and oxygen atoms in total. The molecule has 0 aromatic rings. The molecule has 0 bridgehead atoms. The zero-order valence-electron chi connectivity index (χ0n) is 10.3. The van der Waals surface area contributed by atoms with E-state index in [1.165, 1.54) is 32.4 Å². The Morgan fingerprint density at radius 1 is 1.50 bits per heavy atom. The lowest BCUT2D eigenvalue weighted by atomic mass is 9.70. The van der Waals surface area contributed by atoms with Crippen molar-refractivity contribution in [2.24, 2.45) is 11.3 Å². The van der Waals surface area contributed by atoms with Crippen LogP contribution in [0.4, 0.5) is 0 Å². The summed E-state index contributed by atoms with van der Waals surface area (Å²) >= 11 is 0. The first-order valence-electron chi connectivity index (χ1n) is 6.55. The topological polar surface area (TPSA) is 39.1 Å². The number of likely N-dealkylation sites (tertiary alicyclic amines) is 1. The second kappa shape index (κ2) is 5.16. The predicted molar refractivity (Wildman–Crippen MR) is 65.0 cm³/mol. The zero-order chi connectivity index (χ0) is 11.4. The first kappa shape index (κ1) is 11.9. The molecule has 0 aromatic heterocycles. The van der Waals surface area contributed by atoms with Gasteiger partial charge in [0, 0.05) is 13.1 Å². The van der Waals surface area contributed by atoms with Crippen LogP contribution in [0.3, 0.4) is 0 Å². The lowest BCUT2D eigenvalue weighted by Gasteiger charge is -2.35. The van der Waals surface area contributed by atoms with E-state index in [0.29, 0.717) is 0 Å². The molecule has 1 unspecified atom stereocenters. The Morgan fingerprint density at radius 3 is 2.81 bits per heavy atom. The highest BCUT2D eigenvalue weighted by molar-refractivity contribution is 5.05. The molecule has 2 aliphatic rings. The van der Waals surface area contributed by atoms with Crippen LogP contribution < -0.4 is 5.32 Å². The van der Waals surface area contributed by atoms with Gasteiger partial charge in [0.15, 0.2) is 0 Å². The van der Waals surface area contributed by atoms with Crippen LogP contribution in [-0.2, 0) is 0 Å². The van der Waals surface area contributed by atoms with Crippen LogP contribution in [0.15, 0.2) is 0 Å². The van der Waals surface area contributed by atoms with Gasteiger partial charge in [-0.05, 0) is 51.7 Å². The van der Waals surface area contributed by atoms with Crippen molar-refractivity contribution in [1.29, 1.82) is 5.26 Å². The van der Waals surface area contributed by atoms with Gasteiger partial charge < -0.3 is 10.2 Å². The molecular weight excluding hydrogens is 198 g/mol. The summed E-state index contributed by atoms with van der Waals surface area (Å²) in [6.45, 7) is 4.51. The number of nitriles is 1. The van der Waals surface area contributed by atoms with E-state index in [2.05, 4.69) is 23.3 Å². The summed E-state index contributed by atoms with van der Waals surface area (Å²) in [5.74, 6) is 0.872. The van der Waals surface area contributed by atoms with Crippen molar-refractivity contribution in [1.82, 2.24) is 10.2 Å². The Balaban J connectivity index is 1.57. The maximum Gasteiger partial charge on any atom is 0.0703 e. The second-order valence-electron chi connectivity index (χ2n) is 5.63. The number of hydrogen-bond acceptors (Lipinski definition) is 3. The van der Waals surface area contributed by atoms with Crippen molar-refractivity contribution in [3.05, 3.63) is 0 Å². The Hall–Kier alpha value is -0.590. The normalized spacial score (nSPS) is 28.6. The molecule has 1 N–H and O–H groups in total. The molecule has 0 aromatic carbocycles. The fourth-order valence-corrected chi connectivity index (χ4v) is 2.83. The maximum absolute atomic E-state index is 9.09. The molecule has 1 saturated heterocycles. The van der Waals surface area contributed by atoms with Crippen molar-refractivity contribution in [3.63, 3.8) is 0 Å². The van der Waals surface area contributed by atoms with Gasteiger partial charge in [-0.3, -0.25) is 0 Å². The quantitative estimate of drug-likeness (QED) is 0.717. The standard InChI is InChI=1S/C13H23N3/c1-16-8-4-12(9-16)3-7-15-11-13(10-14)5-2-6-13/h12,15H,2-9,11H2,1H3. The summed E-state index contributed by atoms with van der Waals surface area (Å²) in [7, 11) is 2.20. The van der Waals surface area contributed by atoms with E-state index in [1.54, 1.807) is 0 Å². The van der Waals surface area contributed by atoms with Crippen molar-refractivity contribution < 1.29 is 0 Å². The van der Waals surface area contributed by atoms with E-state index < -0.39 is 0 Å². The Morgan fingerprint density at radius 2 is 2.31 bits per heavy atom. The molecular formula is C13H23N3. The van der Waals surface area contributed by atoms with E-state index in [0.717, 1.165) is 31.8 Å². The lowest BCUT2D eigenvalue weighted by molar-refractivity contribution is 0.206. The minimum Gasteiger partial charge on any atom is -0.315 e. The minimum absolute atomic E-state index is 0.00747. The Bertz CT molecular complexity index is 265. The van der Waals surface area contributed by atoms with Gasteiger partial charge in [-0.1, -0.05) is 6.42 Å². The Kier molecular flexibility index (Phi) is 3.83. The van der Waals surface area contributed by atoms with Crippen LogP contribution in [0, 0.1) is 22.7 Å². The molecule has 1 aliphatic heterocycles. The van der Waals surface area contributed by atoms with Crippen LogP contribution in [0.5, 0.6) is 0 Å². The summed E-state index contributed by atoms with van der Waals surface area (Å²) < 4.78 is 0. The third-order valence-corrected chi connectivity index (χ3v) is 4.23. The van der Waals surface area contributed by atoms with Gasteiger partial charge in [-0.25, -0.2) is 0 Å². The van der Waals surface area contributed by atoms with Gasteiger partial charge in [0.25, 0.3) is 0 Å². The summed E-state index contributed by atoms with van der Waals surface area (Å²) in [6, 6.07) is 2.48. The number of rotatable bonds is 5. The van der Waals surface area contributed by atoms with Gasteiger partial charge in [0.05, 0.1) is 11.5 Å². The van der Waals surface area contributed by atoms with Gasteiger partial charge in [-0.15, -0.1) is 0 Å². The molecule has 2 fully saturated rings. The van der Waals surface area contributed by atoms with E-state index in [4.69, 9.17) is 5.26 Å². The van der Waals surface area contributed by atoms with Crippen LogP contribution in [0.2, 0.25) is 0 Å². The smallest absolute Gasteiger partial charge is 0.0703 e.